The van der Waals surface area contributed by atoms with Crippen LogP contribution in [-0.4, -0.2) is 11.8 Å². The van der Waals surface area contributed by atoms with Gasteiger partial charge in [0.05, 0.1) is 10.9 Å². The van der Waals surface area contributed by atoms with E-state index in [0.29, 0.717) is 27.8 Å². The fourth-order valence-electron chi connectivity index (χ4n) is 2.76. The Balaban J connectivity index is 2.01. The maximum absolute atomic E-state index is 12.5. The molecule has 0 unspecified atom stereocenters. The molecule has 25 heavy (non-hydrogen) atoms. The number of anilines is 1. The molecule has 0 saturated carbocycles. The lowest BCUT2D eigenvalue weighted by molar-refractivity contribution is 0.0993. The first-order valence-corrected chi connectivity index (χ1v) is 8.50. The average Bonchev–Trinajstić information content (AvgIpc) is 2.90. The van der Waals surface area contributed by atoms with E-state index in [-0.39, 0.29) is 5.76 Å². The zero-order valence-corrected chi connectivity index (χ0v) is 14.5. The fraction of sp³-hybridized carbons (Fsp3) is 0.167. The molecule has 2 aromatic heterocycles. The molecule has 0 aliphatic carbocycles. The number of fused-ring (bicyclic) bond motifs is 1. The molecule has 0 aliphatic rings. The summed E-state index contributed by atoms with van der Waals surface area (Å²) >= 11 is 1.27. The number of nitrogens with one attached hydrogen (secondary N) is 1. The summed E-state index contributed by atoms with van der Waals surface area (Å²) in [7, 11) is 0. The number of carbonyl (C=O) groups excluding carboxylic acids is 2. The van der Waals surface area contributed by atoms with Gasteiger partial charge in [-0.05, 0) is 36.4 Å². The summed E-state index contributed by atoms with van der Waals surface area (Å²) in [6, 6.07) is 8.34. The van der Waals surface area contributed by atoms with E-state index >= 15 is 0 Å². The van der Waals surface area contributed by atoms with Crippen molar-refractivity contribution in [3.05, 3.63) is 62.5 Å². The number of primary amides is 1. The van der Waals surface area contributed by atoms with Crippen molar-refractivity contribution in [3.63, 3.8) is 0 Å². The largest absolute Gasteiger partial charge is 0.417 e. The number of rotatable bonds is 4. The topological polar surface area (TPSA) is 102 Å². The molecule has 1 aromatic carbocycles. The highest BCUT2D eigenvalue weighted by Gasteiger charge is 2.22. The highest BCUT2D eigenvalue weighted by atomic mass is 32.1. The minimum Gasteiger partial charge on any atom is -0.417 e. The third-order valence-electron chi connectivity index (χ3n) is 3.93. The Morgan fingerprint density at radius 2 is 2.00 bits per heavy atom. The maximum atomic E-state index is 12.5. The van der Waals surface area contributed by atoms with Crippen molar-refractivity contribution in [2.45, 2.75) is 20.3 Å². The van der Waals surface area contributed by atoms with Gasteiger partial charge in [-0.3, -0.25) is 9.59 Å². The summed E-state index contributed by atoms with van der Waals surface area (Å²) in [6.07, 6.45) is 0.627. The van der Waals surface area contributed by atoms with Crippen molar-refractivity contribution in [1.29, 1.82) is 0 Å². The number of hydrogen-bond acceptors (Lipinski definition) is 5. The van der Waals surface area contributed by atoms with E-state index in [4.69, 9.17) is 10.2 Å². The average molecular weight is 356 g/mol. The number of benzene rings is 1. The van der Waals surface area contributed by atoms with Crippen LogP contribution in [0.25, 0.3) is 10.8 Å². The number of amides is 2. The molecule has 6 nitrogen and oxygen atoms in total. The predicted molar refractivity (Wildman–Crippen MR) is 97.4 cm³/mol. The number of nitrogens with two attached hydrogens (primary N) is 1. The third kappa shape index (κ3) is 3.06. The van der Waals surface area contributed by atoms with Crippen LogP contribution in [-0.2, 0) is 6.42 Å². The molecule has 0 radical (unpaired) electrons. The first kappa shape index (κ1) is 16.9. The molecule has 128 valence electrons. The number of aryl methyl sites for hydroxylation is 1. The molecular formula is C18H16N2O4S. The van der Waals surface area contributed by atoms with E-state index in [1.54, 1.807) is 24.3 Å². The summed E-state index contributed by atoms with van der Waals surface area (Å²) in [5.41, 5.74) is 5.99. The molecule has 3 rings (SSSR count). The van der Waals surface area contributed by atoms with Gasteiger partial charge in [-0.25, -0.2) is 4.79 Å². The van der Waals surface area contributed by atoms with Crippen LogP contribution >= 0.6 is 11.3 Å². The molecule has 0 aliphatic heterocycles. The molecule has 3 N–H and O–H groups in total. The van der Waals surface area contributed by atoms with E-state index in [1.807, 2.05) is 13.8 Å². The normalized spacial score (nSPS) is 10.8. The van der Waals surface area contributed by atoms with Crippen molar-refractivity contribution in [1.82, 2.24) is 0 Å². The van der Waals surface area contributed by atoms with Gasteiger partial charge in [0.1, 0.15) is 5.00 Å². The van der Waals surface area contributed by atoms with E-state index in [9.17, 15) is 14.4 Å². The fourth-order valence-corrected chi connectivity index (χ4v) is 3.91. The van der Waals surface area contributed by atoms with Gasteiger partial charge in [-0.2, -0.15) is 0 Å². The molecular weight excluding hydrogens is 340 g/mol. The molecule has 0 saturated heterocycles. The highest BCUT2D eigenvalue weighted by Crippen LogP contribution is 2.33. The van der Waals surface area contributed by atoms with E-state index in [1.165, 1.54) is 17.4 Å². The first-order chi connectivity index (χ1) is 11.9. The van der Waals surface area contributed by atoms with Crippen LogP contribution < -0.4 is 16.7 Å². The zero-order chi connectivity index (χ0) is 18.1. The van der Waals surface area contributed by atoms with Crippen molar-refractivity contribution in [2.24, 2.45) is 5.73 Å². The van der Waals surface area contributed by atoms with Gasteiger partial charge in [0.15, 0.2) is 5.76 Å². The Kier molecular flexibility index (Phi) is 4.41. The van der Waals surface area contributed by atoms with E-state index in [2.05, 4.69) is 5.32 Å². The zero-order valence-electron chi connectivity index (χ0n) is 13.7. The Morgan fingerprint density at radius 1 is 1.28 bits per heavy atom. The Morgan fingerprint density at radius 3 is 2.68 bits per heavy atom. The molecule has 0 bridgehead atoms. The summed E-state index contributed by atoms with van der Waals surface area (Å²) in [5, 5.41) is 4.01. The maximum Gasteiger partial charge on any atom is 0.344 e. The van der Waals surface area contributed by atoms with Crippen LogP contribution in [0, 0.1) is 6.92 Å². The summed E-state index contributed by atoms with van der Waals surface area (Å²) < 4.78 is 5.11. The van der Waals surface area contributed by atoms with Crippen molar-refractivity contribution < 1.29 is 14.0 Å². The van der Waals surface area contributed by atoms with E-state index in [0.717, 1.165) is 10.4 Å². The third-order valence-corrected chi connectivity index (χ3v) is 4.99. The predicted octanol–water partition coefficient (Wildman–Crippen LogP) is 3.08. The number of thiophene rings is 1. The smallest absolute Gasteiger partial charge is 0.344 e. The lowest BCUT2D eigenvalue weighted by atomic mass is 10.1. The van der Waals surface area contributed by atoms with Crippen LogP contribution in [0.2, 0.25) is 0 Å². The molecule has 7 heteroatoms. The Labute approximate surface area is 147 Å². The SMILES string of the molecule is CCc1c(C)sc(NC(=O)c2cc3ccccc3c(=O)o2)c1C(N)=O. The monoisotopic (exact) mass is 356 g/mol. The summed E-state index contributed by atoms with van der Waals surface area (Å²) in [4.78, 5) is 37.2. The van der Waals surface area contributed by atoms with E-state index < -0.39 is 17.4 Å². The minimum absolute atomic E-state index is 0.122. The van der Waals surface area contributed by atoms with Gasteiger partial charge in [-0.15, -0.1) is 11.3 Å². The second kappa shape index (κ2) is 6.52. The van der Waals surface area contributed by atoms with Crippen molar-refractivity contribution in [3.8, 4) is 0 Å². The van der Waals surface area contributed by atoms with Crippen LogP contribution in [0.4, 0.5) is 5.00 Å². The second-order valence-corrected chi connectivity index (χ2v) is 6.72. The standard InChI is InChI=1S/C18H16N2O4S/c1-3-11-9(2)25-17(14(11)15(19)21)20-16(22)13-8-10-6-4-5-7-12(10)18(23)24-13/h4-8H,3H2,1-2H3,(H2,19,21)(H,20,22). The van der Waals surface area contributed by atoms with Gasteiger partial charge in [0, 0.05) is 4.88 Å². The van der Waals surface area contributed by atoms with Crippen LogP contribution in [0.5, 0.6) is 0 Å². The quantitative estimate of drug-likeness (QED) is 0.750. The van der Waals surface area contributed by atoms with Gasteiger partial charge >= 0.3 is 5.63 Å². The summed E-state index contributed by atoms with van der Waals surface area (Å²) in [6.45, 7) is 3.78. The molecule has 2 amide bonds. The van der Waals surface area contributed by atoms with Crippen LogP contribution in [0.1, 0.15) is 38.3 Å². The van der Waals surface area contributed by atoms with Gasteiger partial charge in [0.2, 0.25) is 0 Å². The molecule has 3 aromatic rings. The second-order valence-electron chi connectivity index (χ2n) is 5.50. The Bertz CT molecular complexity index is 1050. The minimum atomic E-state index is -0.603. The van der Waals surface area contributed by atoms with Gasteiger partial charge in [0.25, 0.3) is 11.8 Å². The highest BCUT2D eigenvalue weighted by molar-refractivity contribution is 7.16. The lowest BCUT2D eigenvalue weighted by Crippen LogP contribution is -2.19. The first-order valence-electron chi connectivity index (χ1n) is 7.68. The number of hydrogen-bond donors (Lipinski definition) is 2. The lowest BCUT2D eigenvalue weighted by Gasteiger charge is -2.06. The van der Waals surface area contributed by atoms with Crippen molar-refractivity contribution >= 4 is 38.9 Å². The number of carbonyl (C=O) groups is 2. The van der Waals surface area contributed by atoms with Crippen LogP contribution in [0.3, 0.4) is 0 Å². The molecule has 0 fully saturated rings. The Hall–Kier alpha value is -2.93. The molecule has 2 heterocycles. The van der Waals surface area contributed by atoms with Crippen LogP contribution in [0.15, 0.2) is 39.5 Å². The molecule has 0 spiro atoms. The van der Waals surface area contributed by atoms with Gasteiger partial charge in [-0.1, -0.05) is 25.1 Å². The summed E-state index contributed by atoms with van der Waals surface area (Å²) in [5.74, 6) is -1.33. The van der Waals surface area contributed by atoms with Gasteiger partial charge < -0.3 is 15.5 Å². The molecule has 0 atom stereocenters. The van der Waals surface area contributed by atoms with Crippen molar-refractivity contribution in [2.75, 3.05) is 5.32 Å².